The van der Waals surface area contributed by atoms with Crippen molar-refractivity contribution < 1.29 is 14.4 Å². The van der Waals surface area contributed by atoms with Crippen LogP contribution in [0.25, 0.3) is 0 Å². The van der Waals surface area contributed by atoms with Gasteiger partial charge in [-0.2, -0.15) is 0 Å². The molecule has 104 valence electrons. The maximum atomic E-state index is 13.0. The van der Waals surface area contributed by atoms with Crippen LogP contribution in [0.3, 0.4) is 0 Å². The number of rotatable bonds is 5. The van der Waals surface area contributed by atoms with Gasteiger partial charge in [-0.15, -0.1) is 0 Å². The second kappa shape index (κ2) is 6.12. The first-order valence-corrected chi connectivity index (χ1v) is 5.98. The van der Waals surface area contributed by atoms with Gasteiger partial charge in [0.1, 0.15) is 11.6 Å². The minimum atomic E-state index is -0.448. The number of para-hydroxylation sites is 1. The molecule has 0 saturated carbocycles. The molecule has 0 saturated heterocycles. The van der Waals surface area contributed by atoms with Crippen LogP contribution in [0.5, 0.6) is 5.75 Å². The van der Waals surface area contributed by atoms with Crippen LogP contribution < -0.4 is 5.32 Å². The molecular formula is C14H13FN2O3. The first-order valence-electron chi connectivity index (χ1n) is 5.98. The Labute approximate surface area is 114 Å². The van der Waals surface area contributed by atoms with Crippen molar-refractivity contribution in [2.45, 2.75) is 13.1 Å². The summed E-state index contributed by atoms with van der Waals surface area (Å²) < 4.78 is 13.0. The molecule has 2 aromatic rings. The average Bonchev–Trinajstić information content (AvgIpc) is 2.43. The summed E-state index contributed by atoms with van der Waals surface area (Å²) in [6.45, 7) is 0.475. The van der Waals surface area contributed by atoms with Gasteiger partial charge in [0.25, 0.3) is 5.69 Å². The first kappa shape index (κ1) is 14.0. The zero-order valence-corrected chi connectivity index (χ0v) is 10.5. The fourth-order valence-corrected chi connectivity index (χ4v) is 1.87. The molecule has 0 aliphatic heterocycles. The minimum Gasteiger partial charge on any atom is -0.508 e. The minimum absolute atomic E-state index is 0.0125. The molecule has 2 aromatic carbocycles. The molecule has 20 heavy (non-hydrogen) atoms. The van der Waals surface area contributed by atoms with Gasteiger partial charge in [0.15, 0.2) is 0 Å². The predicted octanol–water partition coefficient (Wildman–Crippen LogP) is 2.73. The summed E-state index contributed by atoms with van der Waals surface area (Å²) >= 11 is 0. The van der Waals surface area contributed by atoms with Crippen LogP contribution in [0.2, 0.25) is 0 Å². The second-order valence-electron chi connectivity index (χ2n) is 4.26. The lowest BCUT2D eigenvalue weighted by atomic mass is 10.1. The van der Waals surface area contributed by atoms with E-state index in [4.69, 9.17) is 0 Å². The number of nitrogens with one attached hydrogen (secondary N) is 1. The highest BCUT2D eigenvalue weighted by Crippen LogP contribution is 2.19. The summed E-state index contributed by atoms with van der Waals surface area (Å²) in [5.74, 6) is -0.452. The number of nitro benzene ring substituents is 1. The lowest BCUT2D eigenvalue weighted by molar-refractivity contribution is -0.385. The molecule has 0 spiro atoms. The van der Waals surface area contributed by atoms with E-state index in [0.29, 0.717) is 11.1 Å². The van der Waals surface area contributed by atoms with Crippen molar-refractivity contribution in [2.75, 3.05) is 0 Å². The fourth-order valence-electron chi connectivity index (χ4n) is 1.87. The van der Waals surface area contributed by atoms with Crippen molar-refractivity contribution in [3.05, 3.63) is 69.5 Å². The number of benzene rings is 2. The molecule has 0 aliphatic carbocycles. The number of hydrogen-bond acceptors (Lipinski definition) is 4. The van der Waals surface area contributed by atoms with E-state index >= 15 is 0 Å². The second-order valence-corrected chi connectivity index (χ2v) is 4.26. The average molecular weight is 276 g/mol. The molecule has 2 rings (SSSR count). The fraction of sp³-hybridized carbons (Fsp3) is 0.143. The number of hydrogen-bond donors (Lipinski definition) is 2. The van der Waals surface area contributed by atoms with E-state index in [1.165, 1.54) is 24.3 Å². The van der Waals surface area contributed by atoms with Gasteiger partial charge in [0.05, 0.1) is 4.92 Å². The molecule has 0 radical (unpaired) electrons. The van der Waals surface area contributed by atoms with Gasteiger partial charge in [-0.05, 0) is 18.2 Å². The van der Waals surface area contributed by atoms with E-state index in [2.05, 4.69) is 5.32 Å². The van der Waals surface area contributed by atoms with Gasteiger partial charge in [0.2, 0.25) is 0 Å². The number of aromatic hydroxyl groups is 1. The Kier molecular flexibility index (Phi) is 4.27. The Morgan fingerprint density at radius 2 is 1.85 bits per heavy atom. The molecule has 6 heteroatoms. The number of phenols is 1. The van der Waals surface area contributed by atoms with Crippen molar-refractivity contribution in [1.82, 2.24) is 5.32 Å². The van der Waals surface area contributed by atoms with Crippen molar-refractivity contribution in [1.29, 1.82) is 0 Å². The summed E-state index contributed by atoms with van der Waals surface area (Å²) in [4.78, 5) is 10.4. The van der Waals surface area contributed by atoms with Crippen LogP contribution >= 0.6 is 0 Å². The predicted molar refractivity (Wildman–Crippen MR) is 71.7 cm³/mol. The van der Waals surface area contributed by atoms with Crippen molar-refractivity contribution in [3.8, 4) is 5.75 Å². The lowest BCUT2D eigenvalue weighted by Crippen LogP contribution is -2.14. The van der Waals surface area contributed by atoms with E-state index in [0.717, 1.165) is 0 Å². The van der Waals surface area contributed by atoms with Gasteiger partial charge >= 0.3 is 0 Å². The van der Waals surface area contributed by atoms with E-state index in [1.807, 2.05) is 0 Å². The Hall–Kier alpha value is -2.47. The molecule has 0 atom stereocenters. The molecule has 0 aliphatic rings. The number of nitrogens with zero attached hydrogens (tertiary/aromatic N) is 1. The van der Waals surface area contributed by atoms with Gasteiger partial charge in [-0.25, -0.2) is 4.39 Å². The van der Waals surface area contributed by atoms with E-state index in [1.54, 1.807) is 18.2 Å². The smallest absolute Gasteiger partial charge is 0.273 e. The van der Waals surface area contributed by atoms with Crippen molar-refractivity contribution in [2.24, 2.45) is 0 Å². The third-order valence-electron chi connectivity index (χ3n) is 2.86. The third-order valence-corrected chi connectivity index (χ3v) is 2.86. The van der Waals surface area contributed by atoms with E-state index in [9.17, 15) is 19.6 Å². The molecule has 0 heterocycles. The zero-order valence-electron chi connectivity index (χ0n) is 10.5. The largest absolute Gasteiger partial charge is 0.508 e. The third kappa shape index (κ3) is 3.30. The van der Waals surface area contributed by atoms with Gasteiger partial charge in [-0.3, -0.25) is 10.1 Å². The van der Waals surface area contributed by atoms with Gasteiger partial charge < -0.3 is 10.4 Å². The molecule has 5 nitrogen and oxygen atoms in total. The zero-order chi connectivity index (χ0) is 14.5. The summed E-state index contributed by atoms with van der Waals surface area (Å²) in [5.41, 5.74) is 0.973. The molecule has 2 N–H and O–H groups in total. The highest BCUT2D eigenvalue weighted by Gasteiger charge is 2.11. The Morgan fingerprint density at radius 3 is 2.60 bits per heavy atom. The van der Waals surface area contributed by atoms with Crippen LogP contribution in [0, 0.1) is 15.9 Å². The SMILES string of the molecule is O=[N+]([O-])c1ccccc1CNCc1cc(F)ccc1O. The number of phenolic OH excluding ortho intramolecular Hbond substituents is 1. The quantitative estimate of drug-likeness (QED) is 0.650. The van der Waals surface area contributed by atoms with Crippen molar-refractivity contribution in [3.63, 3.8) is 0 Å². The maximum Gasteiger partial charge on any atom is 0.273 e. The lowest BCUT2D eigenvalue weighted by Gasteiger charge is -2.07. The summed E-state index contributed by atoms with van der Waals surface area (Å²) in [6.07, 6.45) is 0. The Balaban J connectivity index is 2.03. The first-order chi connectivity index (χ1) is 9.58. The van der Waals surface area contributed by atoms with Gasteiger partial charge in [0, 0.05) is 30.3 Å². The van der Waals surface area contributed by atoms with Crippen LogP contribution in [0.1, 0.15) is 11.1 Å². The van der Waals surface area contributed by atoms with Crippen LogP contribution in [-0.4, -0.2) is 10.0 Å². The van der Waals surface area contributed by atoms with Crippen LogP contribution in [-0.2, 0) is 13.1 Å². The highest BCUT2D eigenvalue weighted by atomic mass is 19.1. The summed E-state index contributed by atoms with van der Waals surface area (Å²) in [6, 6.07) is 10.1. The molecule has 0 bridgehead atoms. The van der Waals surface area contributed by atoms with E-state index < -0.39 is 10.7 Å². The Morgan fingerprint density at radius 1 is 1.15 bits per heavy atom. The topological polar surface area (TPSA) is 75.4 Å². The Bertz CT molecular complexity index is 632. The van der Waals surface area contributed by atoms with Crippen LogP contribution in [0.15, 0.2) is 42.5 Å². The molecule has 0 amide bonds. The van der Waals surface area contributed by atoms with Crippen molar-refractivity contribution >= 4 is 5.69 Å². The highest BCUT2D eigenvalue weighted by molar-refractivity contribution is 5.39. The molecule has 0 fully saturated rings. The molecule has 0 aromatic heterocycles. The van der Waals surface area contributed by atoms with E-state index in [-0.39, 0.29) is 24.5 Å². The monoisotopic (exact) mass is 276 g/mol. The standard InChI is InChI=1S/C14H13FN2O3/c15-12-5-6-14(18)11(7-12)9-16-8-10-3-1-2-4-13(10)17(19)20/h1-7,16,18H,8-9H2. The maximum absolute atomic E-state index is 13.0. The number of halogens is 1. The van der Waals surface area contributed by atoms with Gasteiger partial charge in [-0.1, -0.05) is 18.2 Å². The summed E-state index contributed by atoms with van der Waals surface area (Å²) in [7, 11) is 0. The molecular weight excluding hydrogens is 263 g/mol. The number of nitro groups is 1. The molecule has 0 unspecified atom stereocenters. The normalized spacial score (nSPS) is 10.4. The summed E-state index contributed by atoms with van der Waals surface area (Å²) in [5, 5.41) is 23.4. The van der Waals surface area contributed by atoms with Crippen LogP contribution in [0.4, 0.5) is 10.1 Å².